The molecule has 0 spiro atoms. The van der Waals surface area contributed by atoms with E-state index < -0.39 is 0 Å². The second-order valence-electron chi connectivity index (χ2n) is 6.45. The van der Waals surface area contributed by atoms with Gasteiger partial charge < -0.3 is 5.73 Å². The van der Waals surface area contributed by atoms with Gasteiger partial charge in [0.2, 0.25) is 0 Å². The average molecular weight is 339 g/mol. The van der Waals surface area contributed by atoms with Gasteiger partial charge in [0.1, 0.15) is 0 Å². The minimum absolute atomic E-state index is 0.708. The molecule has 0 atom stereocenters. The van der Waals surface area contributed by atoms with Crippen molar-refractivity contribution in [1.29, 1.82) is 0 Å². The maximum absolute atomic E-state index is 5.73. The zero-order valence-corrected chi connectivity index (χ0v) is 15.1. The highest BCUT2D eigenvalue weighted by atomic mass is 14.5. The van der Waals surface area contributed by atoms with E-state index >= 15 is 0 Å². The van der Waals surface area contributed by atoms with Crippen LogP contribution in [0.3, 0.4) is 0 Å². The summed E-state index contributed by atoms with van der Waals surface area (Å²) in [7, 11) is 0. The van der Waals surface area contributed by atoms with Gasteiger partial charge in [-0.25, -0.2) is 0 Å². The van der Waals surface area contributed by atoms with Gasteiger partial charge in [0.05, 0.1) is 0 Å². The number of aryl methyl sites for hydroxylation is 3. The summed E-state index contributed by atoms with van der Waals surface area (Å²) in [6.07, 6.45) is 4.00. The topological polar surface area (TPSA) is 26.0 Å². The van der Waals surface area contributed by atoms with Gasteiger partial charge in [-0.05, 0) is 61.1 Å². The molecule has 0 aromatic heterocycles. The normalized spacial score (nSPS) is 10.2. The van der Waals surface area contributed by atoms with Crippen LogP contribution in [0.1, 0.15) is 34.2 Å². The van der Waals surface area contributed by atoms with Crippen molar-refractivity contribution < 1.29 is 0 Å². The van der Waals surface area contributed by atoms with Gasteiger partial charge in [-0.1, -0.05) is 78.6 Å². The molecule has 0 amide bonds. The summed E-state index contributed by atoms with van der Waals surface area (Å²) in [6.45, 7) is 0.708. The largest absolute Gasteiger partial charge is 0.330 e. The Morgan fingerprint density at radius 1 is 0.615 bits per heavy atom. The van der Waals surface area contributed by atoms with Gasteiger partial charge >= 0.3 is 0 Å². The second kappa shape index (κ2) is 9.61. The monoisotopic (exact) mass is 339 g/mol. The van der Waals surface area contributed by atoms with Gasteiger partial charge in [0.25, 0.3) is 0 Å². The molecule has 0 unspecified atom stereocenters. The lowest BCUT2D eigenvalue weighted by molar-refractivity contribution is 0.827. The first kappa shape index (κ1) is 18.0. The van der Waals surface area contributed by atoms with E-state index in [4.69, 9.17) is 5.73 Å². The molecule has 1 nitrogen and oxygen atoms in total. The Balaban J connectivity index is 1.88. The van der Waals surface area contributed by atoms with E-state index in [9.17, 15) is 0 Å². The van der Waals surface area contributed by atoms with Crippen LogP contribution in [0, 0.1) is 11.8 Å². The molecule has 3 aromatic rings. The maximum Gasteiger partial charge on any atom is 0.0313 e. The molecule has 0 fully saturated rings. The average Bonchev–Trinajstić information content (AvgIpc) is 2.71. The van der Waals surface area contributed by atoms with Crippen LogP contribution in [-0.2, 0) is 19.3 Å². The third-order valence-electron chi connectivity index (χ3n) is 4.52. The predicted octanol–water partition coefficient (Wildman–Crippen LogP) is 4.76. The van der Waals surface area contributed by atoms with Crippen LogP contribution >= 0.6 is 0 Å². The van der Waals surface area contributed by atoms with Crippen LogP contribution in [0.4, 0.5) is 0 Å². The highest BCUT2D eigenvalue weighted by molar-refractivity contribution is 5.51. The number of hydrogen-bond acceptors (Lipinski definition) is 1. The van der Waals surface area contributed by atoms with Gasteiger partial charge in [0.15, 0.2) is 0 Å². The smallest absolute Gasteiger partial charge is 0.0313 e. The van der Waals surface area contributed by atoms with Crippen LogP contribution < -0.4 is 5.73 Å². The van der Waals surface area contributed by atoms with E-state index in [1.807, 2.05) is 18.2 Å². The molecule has 0 radical (unpaired) electrons. The Morgan fingerprint density at radius 3 is 1.96 bits per heavy atom. The first-order chi connectivity index (χ1) is 12.9. The number of rotatable bonds is 6. The summed E-state index contributed by atoms with van der Waals surface area (Å²) in [6, 6.07) is 27.4. The fourth-order valence-electron chi connectivity index (χ4n) is 3.10. The molecule has 0 aliphatic carbocycles. The molecule has 1 heteroatoms. The summed E-state index contributed by atoms with van der Waals surface area (Å²) in [4.78, 5) is 0. The van der Waals surface area contributed by atoms with E-state index in [0.29, 0.717) is 6.54 Å². The van der Waals surface area contributed by atoms with E-state index in [2.05, 4.69) is 72.5 Å². The Morgan fingerprint density at radius 2 is 1.27 bits per heavy atom. The van der Waals surface area contributed by atoms with Crippen molar-refractivity contribution in [2.75, 3.05) is 6.54 Å². The van der Waals surface area contributed by atoms with Crippen LogP contribution in [0.2, 0.25) is 0 Å². The Kier molecular flexibility index (Phi) is 6.65. The van der Waals surface area contributed by atoms with Crippen molar-refractivity contribution in [1.82, 2.24) is 0 Å². The minimum atomic E-state index is 0.708. The van der Waals surface area contributed by atoms with Gasteiger partial charge in [0, 0.05) is 11.1 Å². The zero-order valence-electron chi connectivity index (χ0n) is 15.1. The summed E-state index contributed by atoms with van der Waals surface area (Å²) in [5.74, 6) is 6.79. The lowest BCUT2D eigenvalue weighted by Crippen LogP contribution is -2.04. The van der Waals surface area contributed by atoms with Crippen molar-refractivity contribution >= 4 is 0 Å². The Hall–Kier alpha value is -2.82. The minimum Gasteiger partial charge on any atom is -0.330 e. The Bertz CT molecular complexity index is 870. The summed E-state index contributed by atoms with van der Waals surface area (Å²) >= 11 is 0. The second-order valence-corrected chi connectivity index (χ2v) is 6.45. The van der Waals surface area contributed by atoms with Gasteiger partial charge in [-0.15, -0.1) is 0 Å². The van der Waals surface area contributed by atoms with Crippen molar-refractivity contribution in [3.05, 3.63) is 107 Å². The number of benzene rings is 3. The van der Waals surface area contributed by atoms with Crippen LogP contribution in [-0.4, -0.2) is 6.54 Å². The number of nitrogens with two attached hydrogens (primary N) is 1. The summed E-state index contributed by atoms with van der Waals surface area (Å²) < 4.78 is 0. The van der Waals surface area contributed by atoms with Crippen LogP contribution in [0.5, 0.6) is 0 Å². The molecule has 3 aromatic carbocycles. The summed E-state index contributed by atoms with van der Waals surface area (Å²) in [5.41, 5.74) is 12.0. The third-order valence-corrected chi connectivity index (χ3v) is 4.52. The predicted molar refractivity (Wildman–Crippen MR) is 110 cm³/mol. The van der Waals surface area contributed by atoms with Crippen molar-refractivity contribution in [3.63, 3.8) is 0 Å². The lowest BCUT2D eigenvalue weighted by Gasteiger charge is -2.11. The molecule has 0 bridgehead atoms. The van der Waals surface area contributed by atoms with Crippen LogP contribution in [0.15, 0.2) is 78.9 Å². The number of hydrogen-bond donors (Lipinski definition) is 1. The molecule has 2 N–H and O–H groups in total. The molecule has 0 saturated heterocycles. The van der Waals surface area contributed by atoms with E-state index in [-0.39, 0.29) is 0 Å². The molecule has 0 aliphatic heterocycles. The molecule has 0 saturated carbocycles. The maximum atomic E-state index is 5.73. The molecule has 3 rings (SSSR count). The highest BCUT2D eigenvalue weighted by Gasteiger charge is 2.07. The van der Waals surface area contributed by atoms with E-state index in [1.165, 1.54) is 22.3 Å². The quantitative estimate of drug-likeness (QED) is 0.644. The highest BCUT2D eigenvalue weighted by Crippen LogP contribution is 2.18. The molecule has 26 heavy (non-hydrogen) atoms. The first-order valence-corrected chi connectivity index (χ1v) is 9.28. The van der Waals surface area contributed by atoms with E-state index in [1.54, 1.807) is 0 Å². The molecule has 130 valence electrons. The fraction of sp³-hybridized carbons (Fsp3) is 0.200. The Labute approximate surface area is 156 Å². The molecule has 0 heterocycles. The lowest BCUT2D eigenvalue weighted by atomic mass is 9.94. The zero-order chi connectivity index (χ0) is 18.0. The first-order valence-electron chi connectivity index (χ1n) is 9.28. The summed E-state index contributed by atoms with van der Waals surface area (Å²) in [5, 5.41) is 0. The fourth-order valence-corrected chi connectivity index (χ4v) is 3.10. The molecular formula is C25H25N. The third kappa shape index (κ3) is 5.09. The van der Waals surface area contributed by atoms with Crippen molar-refractivity contribution in [2.45, 2.75) is 25.7 Å². The molecular weight excluding hydrogens is 314 g/mol. The van der Waals surface area contributed by atoms with Crippen molar-refractivity contribution in [3.8, 4) is 11.8 Å². The van der Waals surface area contributed by atoms with Crippen molar-refractivity contribution in [2.24, 2.45) is 5.73 Å². The van der Waals surface area contributed by atoms with E-state index in [0.717, 1.165) is 31.2 Å². The standard InChI is InChI=1S/C25H25N/c26-20-8-15-23-13-7-14-24(18-16-21-9-3-1-4-10-21)25(23)19-17-22-11-5-2-6-12-22/h1-7,9-14H,8,15-16,18,20,26H2. The van der Waals surface area contributed by atoms with Gasteiger partial charge in [-0.2, -0.15) is 0 Å². The van der Waals surface area contributed by atoms with Gasteiger partial charge in [-0.3, -0.25) is 0 Å². The van der Waals surface area contributed by atoms with Crippen LogP contribution in [0.25, 0.3) is 0 Å². The SMILES string of the molecule is NCCCc1cccc(CCc2ccccc2)c1C#Cc1ccccc1. The molecule has 0 aliphatic rings.